The van der Waals surface area contributed by atoms with Crippen molar-refractivity contribution in [2.45, 2.75) is 26.3 Å². The van der Waals surface area contributed by atoms with E-state index in [2.05, 4.69) is 5.32 Å². The van der Waals surface area contributed by atoms with Gasteiger partial charge in [0, 0.05) is 17.7 Å². The number of nitro groups is 1. The molecule has 0 saturated carbocycles. The molecular weight excluding hydrogens is 340 g/mol. The van der Waals surface area contributed by atoms with E-state index in [1.807, 2.05) is 20.8 Å². The maximum Gasteiger partial charge on any atom is 0.413 e. The van der Waals surface area contributed by atoms with E-state index in [1.54, 1.807) is 24.3 Å². The fraction of sp³-hybridized carbons (Fsp3) is 0.278. The van der Waals surface area contributed by atoms with Crippen LogP contribution in [-0.4, -0.2) is 23.7 Å². The van der Waals surface area contributed by atoms with Crippen LogP contribution in [0, 0.1) is 10.1 Å². The van der Waals surface area contributed by atoms with Crippen molar-refractivity contribution in [1.29, 1.82) is 0 Å². The number of rotatable bonds is 5. The second-order valence-electron chi connectivity index (χ2n) is 6.43. The average Bonchev–Trinajstić information content (AvgIpc) is 2.54. The van der Waals surface area contributed by atoms with Crippen LogP contribution < -0.4 is 19.5 Å². The highest BCUT2D eigenvalue weighted by Gasteiger charge is 2.16. The predicted octanol–water partition coefficient (Wildman–Crippen LogP) is 4.28. The number of hydrogen-bond donors (Lipinski definition) is 1. The van der Waals surface area contributed by atoms with Crippen LogP contribution in [0.1, 0.15) is 20.8 Å². The van der Waals surface area contributed by atoms with Gasteiger partial charge in [0.25, 0.3) is 0 Å². The summed E-state index contributed by atoms with van der Waals surface area (Å²) in [6.07, 6.45) is -0.550. The summed E-state index contributed by atoms with van der Waals surface area (Å²) in [6, 6.07) is 10.6. The van der Waals surface area contributed by atoms with Crippen molar-refractivity contribution in [2.24, 2.45) is 0 Å². The lowest BCUT2D eigenvalue weighted by Crippen LogP contribution is -2.42. The van der Waals surface area contributed by atoms with E-state index >= 15 is 0 Å². The fourth-order valence-electron chi connectivity index (χ4n) is 2.02. The minimum Gasteiger partial charge on any atom is -0.490 e. The van der Waals surface area contributed by atoms with Crippen LogP contribution in [0.2, 0.25) is 0 Å². The highest BCUT2D eigenvalue weighted by atomic mass is 16.6. The van der Waals surface area contributed by atoms with Crippen molar-refractivity contribution in [2.75, 3.05) is 7.11 Å². The second kappa shape index (κ2) is 7.73. The van der Waals surface area contributed by atoms with Gasteiger partial charge in [-0.1, -0.05) is 0 Å². The summed E-state index contributed by atoms with van der Waals surface area (Å²) in [6.45, 7) is 5.55. The van der Waals surface area contributed by atoms with Crippen molar-refractivity contribution in [3.8, 4) is 23.0 Å². The number of methoxy groups -OCH3 is 1. The molecule has 0 aliphatic rings. The zero-order valence-corrected chi connectivity index (χ0v) is 14.9. The number of nitrogens with one attached hydrogen (secondary N) is 1. The molecule has 2 aromatic rings. The number of carbonyl (C=O) groups excluding carboxylic acids is 1. The number of benzene rings is 2. The Morgan fingerprint density at radius 2 is 1.62 bits per heavy atom. The molecule has 0 heterocycles. The Balaban J connectivity index is 2.05. The Hall–Kier alpha value is -3.29. The van der Waals surface area contributed by atoms with E-state index < -0.39 is 16.6 Å². The molecule has 8 heteroatoms. The van der Waals surface area contributed by atoms with Crippen LogP contribution in [0.4, 0.5) is 10.5 Å². The number of nitrogens with zero attached hydrogens (tertiary/aromatic N) is 1. The van der Waals surface area contributed by atoms with Gasteiger partial charge < -0.3 is 19.5 Å². The molecule has 1 amide bonds. The first kappa shape index (κ1) is 19.0. The SMILES string of the molecule is COc1cc(Oc2ccc(OC(=O)NC(C)(C)C)cc2)ccc1[N+](=O)[O-]. The molecular formula is C18H20N2O6. The van der Waals surface area contributed by atoms with Crippen LogP contribution in [0.25, 0.3) is 0 Å². The van der Waals surface area contributed by atoms with Gasteiger partial charge in [-0.3, -0.25) is 10.1 Å². The van der Waals surface area contributed by atoms with Crippen molar-refractivity contribution >= 4 is 11.8 Å². The van der Waals surface area contributed by atoms with Gasteiger partial charge in [0.05, 0.1) is 12.0 Å². The average molecular weight is 360 g/mol. The van der Waals surface area contributed by atoms with E-state index in [1.165, 1.54) is 25.3 Å². The molecule has 2 rings (SSSR count). The summed E-state index contributed by atoms with van der Waals surface area (Å²) in [5, 5.41) is 13.6. The standard InChI is InChI=1S/C18H20N2O6/c1-18(2,3)19-17(21)26-13-7-5-12(6-8-13)25-14-9-10-15(20(22)23)16(11-14)24-4/h5-11H,1-4H3,(H,19,21). The quantitative estimate of drug-likeness (QED) is 0.631. The third-order valence-electron chi connectivity index (χ3n) is 3.09. The van der Waals surface area contributed by atoms with Crippen LogP contribution >= 0.6 is 0 Å². The lowest BCUT2D eigenvalue weighted by Gasteiger charge is -2.19. The molecule has 0 spiro atoms. The fourth-order valence-corrected chi connectivity index (χ4v) is 2.02. The topological polar surface area (TPSA) is 99.9 Å². The first-order valence-electron chi connectivity index (χ1n) is 7.78. The van der Waals surface area contributed by atoms with E-state index in [-0.39, 0.29) is 11.4 Å². The molecule has 0 aromatic heterocycles. The van der Waals surface area contributed by atoms with Crippen molar-refractivity contribution in [3.05, 3.63) is 52.6 Å². The van der Waals surface area contributed by atoms with Gasteiger partial charge in [0.1, 0.15) is 17.2 Å². The first-order chi connectivity index (χ1) is 12.2. The Bertz CT molecular complexity index is 796. The van der Waals surface area contributed by atoms with Crippen molar-refractivity contribution in [3.63, 3.8) is 0 Å². The molecule has 2 aromatic carbocycles. The molecule has 0 unspecified atom stereocenters. The molecule has 0 saturated heterocycles. The lowest BCUT2D eigenvalue weighted by molar-refractivity contribution is -0.385. The normalized spacial score (nSPS) is 10.8. The molecule has 8 nitrogen and oxygen atoms in total. The summed E-state index contributed by atoms with van der Waals surface area (Å²) in [5.41, 5.74) is -0.539. The summed E-state index contributed by atoms with van der Waals surface area (Å²) in [4.78, 5) is 22.1. The zero-order valence-electron chi connectivity index (χ0n) is 14.9. The largest absolute Gasteiger partial charge is 0.490 e. The summed E-state index contributed by atoms with van der Waals surface area (Å²) in [7, 11) is 1.35. The van der Waals surface area contributed by atoms with Crippen LogP contribution in [-0.2, 0) is 0 Å². The van der Waals surface area contributed by atoms with Gasteiger partial charge in [0.15, 0.2) is 0 Å². The molecule has 0 fully saturated rings. The van der Waals surface area contributed by atoms with Crippen molar-refractivity contribution < 1.29 is 23.9 Å². The van der Waals surface area contributed by atoms with E-state index in [4.69, 9.17) is 14.2 Å². The highest BCUT2D eigenvalue weighted by Crippen LogP contribution is 2.33. The number of amides is 1. The maximum atomic E-state index is 11.7. The molecule has 0 radical (unpaired) electrons. The number of carbonyl (C=O) groups is 1. The van der Waals surface area contributed by atoms with Gasteiger partial charge in [0.2, 0.25) is 5.75 Å². The molecule has 0 aliphatic carbocycles. The van der Waals surface area contributed by atoms with Crippen LogP contribution in [0.5, 0.6) is 23.0 Å². The number of nitro benzene ring substituents is 1. The molecule has 138 valence electrons. The predicted molar refractivity (Wildman–Crippen MR) is 95.1 cm³/mol. The molecule has 0 bridgehead atoms. The van der Waals surface area contributed by atoms with Crippen LogP contribution in [0.3, 0.4) is 0 Å². The highest BCUT2D eigenvalue weighted by molar-refractivity contribution is 5.71. The molecule has 0 atom stereocenters. The molecule has 0 aliphatic heterocycles. The minimum atomic E-state index is -0.550. The maximum absolute atomic E-state index is 11.7. The monoisotopic (exact) mass is 360 g/mol. The lowest BCUT2D eigenvalue weighted by atomic mass is 10.1. The van der Waals surface area contributed by atoms with Gasteiger partial charge in [-0.25, -0.2) is 4.79 Å². The molecule has 1 N–H and O–H groups in total. The Morgan fingerprint density at radius 3 is 2.15 bits per heavy atom. The first-order valence-corrected chi connectivity index (χ1v) is 7.78. The van der Waals surface area contributed by atoms with Gasteiger partial charge in [-0.2, -0.15) is 0 Å². The Kier molecular flexibility index (Phi) is 5.66. The summed E-state index contributed by atoms with van der Waals surface area (Å²) < 4.78 is 15.8. The summed E-state index contributed by atoms with van der Waals surface area (Å²) in [5.74, 6) is 1.32. The minimum absolute atomic E-state index is 0.103. The Labute approximate surface area is 150 Å². The molecule has 26 heavy (non-hydrogen) atoms. The third-order valence-corrected chi connectivity index (χ3v) is 3.09. The van der Waals surface area contributed by atoms with Crippen LogP contribution in [0.15, 0.2) is 42.5 Å². The van der Waals surface area contributed by atoms with Gasteiger partial charge >= 0.3 is 11.8 Å². The van der Waals surface area contributed by atoms with Gasteiger partial charge in [-0.05, 0) is 51.1 Å². The Morgan fingerprint density at radius 1 is 1.04 bits per heavy atom. The number of ether oxygens (including phenoxy) is 3. The van der Waals surface area contributed by atoms with E-state index in [9.17, 15) is 14.9 Å². The van der Waals surface area contributed by atoms with Crippen molar-refractivity contribution in [1.82, 2.24) is 5.32 Å². The van der Waals surface area contributed by atoms with E-state index in [0.29, 0.717) is 17.2 Å². The van der Waals surface area contributed by atoms with E-state index in [0.717, 1.165) is 0 Å². The number of hydrogen-bond acceptors (Lipinski definition) is 6. The zero-order chi connectivity index (χ0) is 19.3. The summed E-state index contributed by atoms with van der Waals surface area (Å²) >= 11 is 0. The smallest absolute Gasteiger partial charge is 0.413 e. The second-order valence-corrected chi connectivity index (χ2v) is 6.43. The third kappa shape index (κ3) is 5.37. The van der Waals surface area contributed by atoms with Gasteiger partial charge in [-0.15, -0.1) is 0 Å².